The van der Waals surface area contributed by atoms with Crippen molar-refractivity contribution in [1.82, 2.24) is 4.90 Å². The highest BCUT2D eigenvalue weighted by molar-refractivity contribution is 5.26. The minimum atomic E-state index is -0.421. The summed E-state index contributed by atoms with van der Waals surface area (Å²) < 4.78 is 23.9. The van der Waals surface area contributed by atoms with Crippen molar-refractivity contribution in [2.24, 2.45) is 0 Å². The number of likely N-dealkylation sites (N-methyl/N-ethyl adjacent to an activating group) is 1. The molecule has 0 spiro atoms. The van der Waals surface area contributed by atoms with E-state index in [9.17, 15) is 4.39 Å². The summed E-state index contributed by atoms with van der Waals surface area (Å²) in [6, 6.07) is 0. The minimum Gasteiger partial charge on any atom is -0.490 e. The van der Waals surface area contributed by atoms with Gasteiger partial charge in [-0.1, -0.05) is 25.2 Å². The summed E-state index contributed by atoms with van der Waals surface area (Å²) in [7, 11) is 1.68. The van der Waals surface area contributed by atoms with E-state index >= 15 is 0 Å². The Bertz CT molecular complexity index is 324. The van der Waals surface area contributed by atoms with Crippen LogP contribution in [0.5, 0.6) is 0 Å². The first kappa shape index (κ1) is 17.9. The second kappa shape index (κ2) is 10.8. The Labute approximate surface area is 116 Å². The highest BCUT2D eigenvalue weighted by Crippen LogP contribution is 2.13. The highest BCUT2D eigenvalue weighted by Gasteiger charge is 2.05. The lowest BCUT2D eigenvalue weighted by Crippen LogP contribution is -2.30. The van der Waals surface area contributed by atoms with Gasteiger partial charge in [0.05, 0.1) is 6.61 Å². The SMILES string of the molecule is C=C(OCCN(CC)CCOC)/C(F)=C\C(C)=C/C. The lowest BCUT2D eigenvalue weighted by molar-refractivity contribution is 0.122. The van der Waals surface area contributed by atoms with Crippen LogP contribution < -0.4 is 0 Å². The summed E-state index contributed by atoms with van der Waals surface area (Å²) in [6.07, 6.45) is 3.25. The van der Waals surface area contributed by atoms with Crippen LogP contribution in [-0.2, 0) is 9.47 Å². The Hall–Kier alpha value is -1.13. The molecule has 19 heavy (non-hydrogen) atoms. The lowest BCUT2D eigenvalue weighted by Gasteiger charge is -2.20. The first-order valence-electron chi connectivity index (χ1n) is 6.58. The smallest absolute Gasteiger partial charge is 0.164 e. The van der Waals surface area contributed by atoms with E-state index in [1.807, 2.05) is 19.9 Å². The number of ether oxygens (including phenoxy) is 2. The quantitative estimate of drug-likeness (QED) is 0.449. The van der Waals surface area contributed by atoms with Crippen molar-refractivity contribution in [2.45, 2.75) is 20.8 Å². The maximum atomic E-state index is 13.6. The molecule has 0 aromatic carbocycles. The molecule has 0 aliphatic carbocycles. The number of hydrogen-bond donors (Lipinski definition) is 0. The van der Waals surface area contributed by atoms with Crippen molar-refractivity contribution in [2.75, 3.05) is 40.0 Å². The van der Waals surface area contributed by atoms with Gasteiger partial charge in [0.15, 0.2) is 5.83 Å². The van der Waals surface area contributed by atoms with E-state index in [2.05, 4.69) is 18.4 Å². The summed E-state index contributed by atoms with van der Waals surface area (Å²) in [5.41, 5.74) is 0.845. The van der Waals surface area contributed by atoms with E-state index in [1.165, 1.54) is 6.08 Å². The van der Waals surface area contributed by atoms with E-state index in [1.54, 1.807) is 7.11 Å². The molecule has 0 aromatic heterocycles. The van der Waals surface area contributed by atoms with Crippen molar-refractivity contribution >= 4 is 0 Å². The molecule has 0 bridgehead atoms. The molecule has 3 nitrogen and oxygen atoms in total. The van der Waals surface area contributed by atoms with Crippen LogP contribution in [0.15, 0.2) is 35.9 Å². The Morgan fingerprint density at radius 3 is 2.47 bits per heavy atom. The molecule has 0 radical (unpaired) electrons. The third kappa shape index (κ3) is 8.56. The standard InChI is InChI=1S/C15H26FNO2/c1-6-13(3)12-15(16)14(4)19-11-9-17(7-2)8-10-18-5/h6,12H,4,7-11H2,1-3,5H3/b13-6-,15-12+. The molecule has 0 aliphatic heterocycles. The Morgan fingerprint density at radius 1 is 1.32 bits per heavy atom. The predicted molar refractivity (Wildman–Crippen MR) is 77.7 cm³/mol. The van der Waals surface area contributed by atoms with Gasteiger partial charge in [0.2, 0.25) is 0 Å². The second-order valence-corrected chi connectivity index (χ2v) is 4.22. The van der Waals surface area contributed by atoms with Gasteiger partial charge in [-0.05, 0) is 26.5 Å². The van der Waals surface area contributed by atoms with Gasteiger partial charge in [-0.2, -0.15) is 0 Å². The number of hydrogen-bond acceptors (Lipinski definition) is 3. The Kier molecular flexibility index (Phi) is 10.1. The lowest BCUT2D eigenvalue weighted by atomic mass is 10.2. The van der Waals surface area contributed by atoms with Crippen molar-refractivity contribution in [3.8, 4) is 0 Å². The minimum absolute atomic E-state index is 0.0870. The molecule has 0 saturated heterocycles. The van der Waals surface area contributed by atoms with Crippen LogP contribution in [0.2, 0.25) is 0 Å². The maximum Gasteiger partial charge on any atom is 0.164 e. The normalized spacial score (nSPS) is 12.9. The van der Waals surface area contributed by atoms with Gasteiger partial charge in [-0.3, -0.25) is 4.90 Å². The zero-order valence-corrected chi connectivity index (χ0v) is 12.5. The van der Waals surface area contributed by atoms with Crippen LogP contribution >= 0.6 is 0 Å². The number of methoxy groups -OCH3 is 1. The molecule has 0 saturated carbocycles. The summed E-state index contributed by atoms with van der Waals surface area (Å²) in [4.78, 5) is 2.18. The molecule has 0 aliphatic rings. The van der Waals surface area contributed by atoms with Crippen molar-refractivity contribution in [3.63, 3.8) is 0 Å². The molecule has 0 N–H and O–H groups in total. The van der Waals surface area contributed by atoms with E-state index in [0.29, 0.717) is 13.2 Å². The topological polar surface area (TPSA) is 21.7 Å². The van der Waals surface area contributed by atoms with Gasteiger partial charge < -0.3 is 9.47 Å². The molecule has 0 amide bonds. The van der Waals surface area contributed by atoms with Gasteiger partial charge in [-0.25, -0.2) is 4.39 Å². The number of allylic oxidation sites excluding steroid dienone is 4. The monoisotopic (exact) mass is 271 g/mol. The molecular formula is C15H26FNO2. The van der Waals surface area contributed by atoms with Crippen molar-refractivity contribution < 1.29 is 13.9 Å². The molecule has 0 heterocycles. The number of rotatable bonds is 10. The summed E-state index contributed by atoms with van der Waals surface area (Å²) >= 11 is 0. The van der Waals surface area contributed by atoms with Crippen LogP contribution in [0.3, 0.4) is 0 Å². The fourth-order valence-electron chi connectivity index (χ4n) is 1.38. The molecule has 110 valence electrons. The summed E-state index contributed by atoms with van der Waals surface area (Å²) in [5, 5.41) is 0. The molecule has 4 heteroatoms. The van der Waals surface area contributed by atoms with Crippen molar-refractivity contribution in [3.05, 3.63) is 35.9 Å². The van der Waals surface area contributed by atoms with Gasteiger partial charge in [-0.15, -0.1) is 0 Å². The predicted octanol–water partition coefficient (Wildman–Crippen LogP) is 3.30. The zero-order valence-electron chi connectivity index (χ0n) is 12.5. The third-order valence-corrected chi connectivity index (χ3v) is 2.82. The summed E-state index contributed by atoms with van der Waals surface area (Å²) in [5.74, 6) is -0.334. The van der Waals surface area contributed by atoms with Crippen LogP contribution in [-0.4, -0.2) is 44.9 Å². The first-order valence-corrected chi connectivity index (χ1v) is 6.58. The van der Waals surface area contributed by atoms with Gasteiger partial charge in [0.1, 0.15) is 12.4 Å². The van der Waals surface area contributed by atoms with Crippen molar-refractivity contribution in [1.29, 1.82) is 0 Å². The van der Waals surface area contributed by atoms with Gasteiger partial charge in [0.25, 0.3) is 0 Å². The first-order chi connectivity index (χ1) is 9.04. The fourth-order valence-corrected chi connectivity index (χ4v) is 1.38. The fraction of sp³-hybridized carbons (Fsp3) is 0.600. The third-order valence-electron chi connectivity index (χ3n) is 2.82. The zero-order chi connectivity index (χ0) is 14.7. The largest absolute Gasteiger partial charge is 0.490 e. The highest BCUT2D eigenvalue weighted by atomic mass is 19.1. The molecule has 0 unspecified atom stereocenters. The van der Waals surface area contributed by atoms with Crippen LogP contribution in [0.1, 0.15) is 20.8 Å². The van der Waals surface area contributed by atoms with Gasteiger partial charge in [0, 0.05) is 20.2 Å². The maximum absolute atomic E-state index is 13.6. The number of halogens is 1. The number of nitrogens with zero attached hydrogens (tertiary/aromatic N) is 1. The van der Waals surface area contributed by atoms with E-state index in [-0.39, 0.29) is 5.76 Å². The van der Waals surface area contributed by atoms with Crippen LogP contribution in [0.4, 0.5) is 4.39 Å². The average Bonchev–Trinajstić information content (AvgIpc) is 2.41. The van der Waals surface area contributed by atoms with Gasteiger partial charge >= 0.3 is 0 Å². The molecule has 0 aromatic rings. The average molecular weight is 271 g/mol. The Morgan fingerprint density at radius 2 is 1.95 bits per heavy atom. The molecular weight excluding hydrogens is 245 g/mol. The van der Waals surface area contributed by atoms with E-state index in [0.717, 1.165) is 25.2 Å². The van der Waals surface area contributed by atoms with E-state index in [4.69, 9.17) is 9.47 Å². The Balaban J connectivity index is 4.05. The molecule has 0 rings (SSSR count). The van der Waals surface area contributed by atoms with Crippen LogP contribution in [0.25, 0.3) is 0 Å². The molecule has 0 fully saturated rings. The van der Waals surface area contributed by atoms with Crippen LogP contribution in [0, 0.1) is 0 Å². The second-order valence-electron chi connectivity index (χ2n) is 4.22. The van der Waals surface area contributed by atoms with E-state index < -0.39 is 5.83 Å². The molecule has 0 atom stereocenters. The summed E-state index contributed by atoms with van der Waals surface area (Å²) in [6.45, 7) is 12.9.